The molecule has 22 heavy (non-hydrogen) atoms. The minimum atomic E-state index is -0.955. The first kappa shape index (κ1) is 16.5. The molecule has 0 aromatic carbocycles. The Balaban J connectivity index is 2.55. The maximum atomic E-state index is 12.2. The summed E-state index contributed by atoms with van der Waals surface area (Å²) in [5.74, 6) is 1.36. The fourth-order valence-corrected chi connectivity index (χ4v) is 4.81. The van der Waals surface area contributed by atoms with Crippen molar-refractivity contribution < 1.29 is 14.7 Å². The number of carboxylic acid groups (broad SMARTS) is 1. The van der Waals surface area contributed by atoms with Gasteiger partial charge < -0.3 is 5.11 Å². The number of ketones is 1. The smallest absolute Gasteiger partial charge is 0.311 e. The summed E-state index contributed by atoms with van der Waals surface area (Å²) in [6, 6.07) is 0. The van der Waals surface area contributed by atoms with Crippen LogP contribution in [0.15, 0.2) is 23.3 Å². The first-order valence-corrected chi connectivity index (χ1v) is 7.63. The number of terminal acetylenes is 1. The van der Waals surface area contributed by atoms with Gasteiger partial charge in [0.1, 0.15) is 0 Å². The van der Waals surface area contributed by atoms with E-state index < -0.39 is 22.2 Å². The number of aliphatic carboxylic acids is 1. The number of Topliss-reactive ketones (excluding diaryl/α,β-unsaturated/α-hetero) is 1. The van der Waals surface area contributed by atoms with Crippen LogP contribution in [0.4, 0.5) is 0 Å². The lowest BCUT2D eigenvalue weighted by molar-refractivity contribution is -0.147. The molecule has 0 amide bonds. The molecule has 118 valence electrons. The van der Waals surface area contributed by atoms with Crippen molar-refractivity contribution in [3.63, 3.8) is 0 Å². The Labute approximate surface area is 132 Å². The van der Waals surface area contributed by atoms with Crippen LogP contribution in [0.5, 0.6) is 0 Å². The summed E-state index contributed by atoms with van der Waals surface area (Å²) in [5.41, 5.74) is -0.164. The minimum Gasteiger partial charge on any atom is -0.481 e. The van der Waals surface area contributed by atoms with Gasteiger partial charge in [-0.1, -0.05) is 38.5 Å². The van der Waals surface area contributed by atoms with Crippen LogP contribution in [-0.2, 0) is 9.59 Å². The highest BCUT2D eigenvalue weighted by Gasteiger charge is 2.85. The third kappa shape index (κ3) is 1.76. The summed E-state index contributed by atoms with van der Waals surface area (Å²) in [4.78, 5) is 24.4. The monoisotopic (exact) mass is 300 g/mol. The zero-order valence-electron chi connectivity index (χ0n) is 14.0. The Hall–Kier alpha value is -1.82. The first-order chi connectivity index (χ1) is 10.1. The summed E-state index contributed by atoms with van der Waals surface area (Å²) in [6.45, 7) is 9.92. The summed E-state index contributed by atoms with van der Waals surface area (Å²) >= 11 is 0. The van der Waals surface area contributed by atoms with Crippen LogP contribution in [0.2, 0.25) is 0 Å². The van der Waals surface area contributed by atoms with Crippen molar-refractivity contribution >= 4 is 11.8 Å². The molecule has 0 bridgehead atoms. The number of carboxylic acids is 1. The number of carbonyl (C=O) groups is 2. The van der Waals surface area contributed by atoms with E-state index in [2.05, 4.69) is 12.0 Å². The van der Waals surface area contributed by atoms with Gasteiger partial charge in [0.05, 0.1) is 5.41 Å². The quantitative estimate of drug-likeness (QED) is 0.637. The van der Waals surface area contributed by atoms with Gasteiger partial charge in [0, 0.05) is 29.7 Å². The molecule has 2 aliphatic rings. The van der Waals surface area contributed by atoms with E-state index in [0.29, 0.717) is 5.57 Å². The van der Waals surface area contributed by atoms with Crippen LogP contribution < -0.4 is 0 Å². The Morgan fingerprint density at radius 1 is 1.45 bits per heavy atom. The fourth-order valence-electron chi connectivity index (χ4n) is 4.81. The highest BCUT2D eigenvalue weighted by atomic mass is 16.4. The standard InChI is InChI=1S/C19H24O3/c1-7-8-13-9-14(10-15(13)20)19(16(21)22)17(4,5)18(19,6)11-12(2)3/h1,9,11,14H,8,10H2,2-6H3,(H,21,22)/t14?,18?,19-/m1/s1. The lowest BCUT2D eigenvalue weighted by atomic mass is 9.79. The molecule has 2 rings (SSSR count). The van der Waals surface area contributed by atoms with E-state index in [-0.39, 0.29) is 24.5 Å². The summed E-state index contributed by atoms with van der Waals surface area (Å²) in [6.07, 6.45) is 9.71. The molecule has 1 N–H and O–H groups in total. The normalized spacial score (nSPS) is 35.5. The van der Waals surface area contributed by atoms with Gasteiger partial charge in [0.15, 0.2) is 5.78 Å². The van der Waals surface area contributed by atoms with Crippen molar-refractivity contribution in [2.24, 2.45) is 22.2 Å². The predicted octanol–water partition coefficient (Wildman–Crippen LogP) is 3.61. The zero-order valence-corrected chi connectivity index (χ0v) is 14.0. The number of rotatable bonds is 4. The third-order valence-corrected chi connectivity index (χ3v) is 5.97. The molecule has 3 atom stereocenters. The van der Waals surface area contributed by atoms with Gasteiger partial charge in [-0.15, -0.1) is 12.3 Å². The van der Waals surface area contributed by atoms with E-state index in [1.54, 1.807) is 0 Å². The second-order valence-electron chi connectivity index (χ2n) is 7.47. The van der Waals surface area contributed by atoms with Crippen molar-refractivity contribution in [1.82, 2.24) is 0 Å². The summed E-state index contributed by atoms with van der Waals surface area (Å²) in [5, 5.41) is 10.0. The Morgan fingerprint density at radius 2 is 2.05 bits per heavy atom. The minimum absolute atomic E-state index is 0.00850. The second-order valence-corrected chi connectivity index (χ2v) is 7.47. The van der Waals surface area contributed by atoms with Gasteiger partial charge in [-0.25, -0.2) is 0 Å². The summed E-state index contributed by atoms with van der Waals surface area (Å²) < 4.78 is 0. The lowest BCUT2D eigenvalue weighted by Gasteiger charge is -2.22. The van der Waals surface area contributed by atoms with E-state index in [1.807, 2.05) is 40.7 Å². The fraction of sp³-hybridized carbons (Fsp3) is 0.579. The maximum Gasteiger partial charge on any atom is 0.311 e. The van der Waals surface area contributed by atoms with Crippen molar-refractivity contribution in [2.75, 3.05) is 0 Å². The average Bonchev–Trinajstić information content (AvgIpc) is 2.61. The predicted molar refractivity (Wildman–Crippen MR) is 86.0 cm³/mol. The van der Waals surface area contributed by atoms with Crippen molar-refractivity contribution in [3.05, 3.63) is 23.3 Å². The SMILES string of the molecule is C#CCC1=CC([C@@]2(C(=O)O)C(C)(C)C2(C)C=C(C)C)CC1=O. The van der Waals surface area contributed by atoms with E-state index >= 15 is 0 Å². The molecule has 0 aliphatic heterocycles. The van der Waals surface area contributed by atoms with Gasteiger partial charge in [0.2, 0.25) is 0 Å². The van der Waals surface area contributed by atoms with Gasteiger partial charge in [-0.3, -0.25) is 9.59 Å². The van der Waals surface area contributed by atoms with Crippen LogP contribution in [0.25, 0.3) is 0 Å². The molecule has 1 saturated carbocycles. The molecular formula is C19H24O3. The first-order valence-electron chi connectivity index (χ1n) is 7.63. The third-order valence-electron chi connectivity index (χ3n) is 5.97. The topological polar surface area (TPSA) is 54.4 Å². The van der Waals surface area contributed by atoms with Crippen molar-refractivity contribution in [3.8, 4) is 12.3 Å². The molecule has 0 aromatic heterocycles. The number of allylic oxidation sites excluding steroid dienone is 4. The van der Waals surface area contributed by atoms with E-state index in [0.717, 1.165) is 5.57 Å². The molecule has 0 heterocycles. The molecule has 2 aliphatic carbocycles. The lowest BCUT2D eigenvalue weighted by Crippen LogP contribution is -2.31. The van der Waals surface area contributed by atoms with Crippen LogP contribution in [0.3, 0.4) is 0 Å². The molecule has 0 saturated heterocycles. The Morgan fingerprint density at radius 3 is 2.50 bits per heavy atom. The van der Waals surface area contributed by atoms with E-state index in [4.69, 9.17) is 6.42 Å². The number of hydrogen-bond acceptors (Lipinski definition) is 2. The maximum absolute atomic E-state index is 12.2. The van der Waals surface area contributed by atoms with Gasteiger partial charge in [-0.05, 0) is 19.3 Å². The zero-order chi connectivity index (χ0) is 16.9. The van der Waals surface area contributed by atoms with Crippen LogP contribution in [0, 0.1) is 34.5 Å². The molecular weight excluding hydrogens is 276 g/mol. The molecule has 0 radical (unpaired) electrons. The van der Waals surface area contributed by atoms with Crippen molar-refractivity contribution in [1.29, 1.82) is 0 Å². The molecule has 0 spiro atoms. The highest BCUT2D eigenvalue weighted by molar-refractivity contribution is 6.00. The van der Waals surface area contributed by atoms with Crippen molar-refractivity contribution in [2.45, 2.75) is 47.5 Å². The van der Waals surface area contributed by atoms with Crippen LogP contribution in [-0.4, -0.2) is 16.9 Å². The van der Waals surface area contributed by atoms with E-state index in [1.165, 1.54) is 0 Å². The van der Waals surface area contributed by atoms with E-state index in [9.17, 15) is 14.7 Å². The molecule has 0 aromatic rings. The molecule has 3 nitrogen and oxygen atoms in total. The Bertz CT molecular complexity index is 640. The molecule has 2 unspecified atom stereocenters. The second kappa shape index (κ2) is 4.84. The van der Waals surface area contributed by atoms with Gasteiger partial charge >= 0.3 is 5.97 Å². The van der Waals surface area contributed by atoms with Gasteiger partial charge in [0.25, 0.3) is 0 Å². The number of hydrogen-bond donors (Lipinski definition) is 1. The molecule has 3 heteroatoms. The average molecular weight is 300 g/mol. The van der Waals surface area contributed by atoms with Gasteiger partial charge in [-0.2, -0.15) is 0 Å². The molecule has 1 fully saturated rings. The van der Waals surface area contributed by atoms with Crippen LogP contribution >= 0.6 is 0 Å². The Kier molecular flexibility index (Phi) is 3.64. The largest absolute Gasteiger partial charge is 0.481 e. The number of carbonyl (C=O) groups excluding carboxylic acids is 1. The highest BCUT2D eigenvalue weighted by Crippen LogP contribution is 2.82. The van der Waals surface area contributed by atoms with Crippen LogP contribution in [0.1, 0.15) is 47.5 Å². The summed E-state index contributed by atoms with van der Waals surface area (Å²) in [7, 11) is 0.